The molecule has 2 amide bonds. The van der Waals surface area contributed by atoms with E-state index in [-0.39, 0.29) is 30.0 Å². The Morgan fingerprint density at radius 3 is 2.48 bits per heavy atom. The SMILES string of the molecule is Cc1ccc(NC(=O)CSc2ccccc2C(=O)NCC2CNC2)cc1.Cl. The van der Waals surface area contributed by atoms with Crippen LogP contribution in [0.3, 0.4) is 0 Å². The maximum absolute atomic E-state index is 12.4. The van der Waals surface area contributed by atoms with Gasteiger partial charge >= 0.3 is 0 Å². The van der Waals surface area contributed by atoms with Crippen LogP contribution in [0, 0.1) is 12.8 Å². The van der Waals surface area contributed by atoms with Crippen LogP contribution in [0.4, 0.5) is 5.69 Å². The number of benzene rings is 2. The topological polar surface area (TPSA) is 70.2 Å². The Hall–Kier alpha value is -2.02. The molecule has 144 valence electrons. The lowest BCUT2D eigenvalue weighted by Gasteiger charge is -2.27. The molecule has 0 atom stereocenters. The van der Waals surface area contributed by atoms with E-state index < -0.39 is 0 Å². The molecule has 5 nitrogen and oxygen atoms in total. The minimum absolute atomic E-state index is 0. The molecule has 0 spiro atoms. The third kappa shape index (κ3) is 6.27. The maximum atomic E-state index is 12.4. The lowest BCUT2D eigenvalue weighted by molar-refractivity contribution is -0.113. The molecule has 3 N–H and O–H groups in total. The summed E-state index contributed by atoms with van der Waals surface area (Å²) in [5, 5.41) is 9.05. The van der Waals surface area contributed by atoms with Crippen LogP contribution in [0.2, 0.25) is 0 Å². The van der Waals surface area contributed by atoms with E-state index in [9.17, 15) is 9.59 Å². The number of rotatable bonds is 7. The highest BCUT2D eigenvalue weighted by Gasteiger charge is 2.19. The summed E-state index contributed by atoms with van der Waals surface area (Å²) in [6, 6.07) is 15.1. The summed E-state index contributed by atoms with van der Waals surface area (Å²) < 4.78 is 0. The molecule has 0 unspecified atom stereocenters. The average Bonchev–Trinajstić information content (AvgIpc) is 2.61. The fraction of sp³-hybridized carbons (Fsp3) is 0.300. The van der Waals surface area contributed by atoms with Crippen molar-refractivity contribution >= 4 is 41.7 Å². The third-order valence-corrected chi connectivity index (χ3v) is 5.32. The highest BCUT2D eigenvalue weighted by Crippen LogP contribution is 2.23. The number of carbonyl (C=O) groups excluding carboxylic acids is 2. The van der Waals surface area contributed by atoms with E-state index in [0.29, 0.717) is 18.0 Å². The van der Waals surface area contributed by atoms with Crippen LogP contribution < -0.4 is 16.0 Å². The first-order chi connectivity index (χ1) is 12.6. The summed E-state index contributed by atoms with van der Waals surface area (Å²) in [5.74, 6) is 0.595. The zero-order valence-electron chi connectivity index (χ0n) is 15.2. The summed E-state index contributed by atoms with van der Waals surface area (Å²) in [7, 11) is 0. The third-order valence-electron chi connectivity index (χ3n) is 4.24. The first kappa shape index (κ1) is 21.3. The van der Waals surface area contributed by atoms with Crippen LogP contribution in [-0.2, 0) is 4.79 Å². The van der Waals surface area contributed by atoms with E-state index in [2.05, 4.69) is 16.0 Å². The Morgan fingerprint density at radius 1 is 1.11 bits per heavy atom. The molecule has 0 bridgehead atoms. The Bertz CT molecular complexity index is 779. The number of anilines is 1. The average molecular weight is 406 g/mol. The summed E-state index contributed by atoms with van der Waals surface area (Å²) in [4.78, 5) is 25.4. The van der Waals surface area contributed by atoms with Gasteiger partial charge < -0.3 is 16.0 Å². The normalized spacial score (nSPS) is 13.2. The van der Waals surface area contributed by atoms with Gasteiger partial charge in [0.1, 0.15) is 0 Å². The predicted molar refractivity (Wildman–Crippen MR) is 113 cm³/mol. The highest BCUT2D eigenvalue weighted by molar-refractivity contribution is 8.00. The smallest absolute Gasteiger partial charge is 0.252 e. The number of amides is 2. The van der Waals surface area contributed by atoms with Crippen LogP contribution in [-0.4, -0.2) is 37.2 Å². The van der Waals surface area contributed by atoms with Crippen molar-refractivity contribution in [1.29, 1.82) is 0 Å². The second-order valence-corrected chi connectivity index (χ2v) is 7.45. The van der Waals surface area contributed by atoms with Gasteiger partial charge in [-0.1, -0.05) is 29.8 Å². The lowest BCUT2D eigenvalue weighted by atomic mass is 10.0. The molecule has 1 aliphatic heterocycles. The van der Waals surface area contributed by atoms with Crippen molar-refractivity contribution in [1.82, 2.24) is 10.6 Å². The van der Waals surface area contributed by atoms with Crippen LogP contribution in [0.25, 0.3) is 0 Å². The number of nitrogens with one attached hydrogen (secondary N) is 3. The van der Waals surface area contributed by atoms with Gasteiger partial charge in [-0.15, -0.1) is 24.2 Å². The molecule has 2 aromatic rings. The molecule has 0 saturated carbocycles. The van der Waals surface area contributed by atoms with E-state index >= 15 is 0 Å². The van der Waals surface area contributed by atoms with Crippen LogP contribution in [0.15, 0.2) is 53.4 Å². The van der Waals surface area contributed by atoms with Crippen molar-refractivity contribution in [3.63, 3.8) is 0 Å². The Balaban J connectivity index is 0.00000261. The van der Waals surface area contributed by atoms with Crippen molar-refractivity contribution in [3.8, 4) is 0 Å². The number of hydrogen-bond donors (Lipinski definition) is 3. The molecule has 1 aliphatic rings. The van der Waals surface area contributed by atoms with Crippen molar-refractivity contribution < 1.29 is 9.59 Å². The fourth-order valence-electron chi connectivity index (χ4n) is 2.58. The minimum atomic E-state index is -0.0883. The van der Waals surface area contributed by atoms with Gasteiger partial charge in [0.25, 0.3) is 5.91 Å². The number of thioether (sulfide) groups is 1. The predicted octanol–water partition coefficient (Wildman–Crippen LogP) is 3.10. The van der Waals surface area contributed by atoms with Gasteiger partial charge in [0.05, 0.1) is 11.3 Å². The molecule has 1 saturated heterocycles. The zero-order chi connectivity index (χ0) is 18.4. The van der Waals surface area contributed by atoms with Gasteiger partial charge in [-0.25, -0.2) is 0 Å². The fourth-order valence-corrected chi connectivity index (χ4v) is 3.43. The van der Waals surface area contributed by atoms with Gasteiger partial charge in [-0.05, 0) is 31.2 Å². The van der Waals surface area contributed by atoms with Gasteiger partial charge in [0, 0.05) is 36.1 Å². The molecule has 27 heavy (non-hydrogen) atoms. The number of halogens is 1. The zero-order valence-corrected chi connectivity index (χ0v) is 16.8. The standard InChI is InChI=1S/C20H23N3O2S.ClH/c1-14-6-8-16(9-7-14)23-19(24)13-26-18-5-3-2-4-17(18)20(25)22-12-15-10-21-11-15;/h2-9,15,21H,10-13H2,1H3,(H,22,25)(H,23,24);1H. The summed E-state index contributed by atoms with van der Waals surface area (Å²) in [6.07, 6.45) is 0. The quantitative estimate of drug-likeness (QED) is 0.619. The molecule has 3 rings (SSSR count). The van der Waals surface area contributed by atoms with Crippen LogP contribution >= 0.6 is 24.2 Å². The maximum Gasteiger partial charge on any atom is 0.252 e. The highest BCUT2D eigenvalue weighted by atomic mass is 35.5. The van der Waals surface area contributed by atoms with Crippen molar-refractivity contribution in [2.24, 2.45) is 5.92 Å². The van der Waals surface area contributed by atoms with Crippen molar-refractivity contribution in [3.05, 3.63) is 59.7 Å². The van der Waals surface area contributed by atoms with E-state index in [1.54, 1.807) is 6.07 Å². The van der Waals surface area contributed by atoms with Gasteiger partial charge in [-0.2, -0.15) is 0 Å². The molecule has 1 fully saturated rings. The molecular weight excluding hydrogens is 382 g/mol. The molecule has 2 aromatic carbocycles. The number of hydrogen-bond acceptors (Lipinski definition) is 4. The minimum Gasteiger partial charge on any atom is -0.352 e. The first-order valence-corrected chi connectivity index (χ1v) is 9.67. The van der Waals surface area contributed by atoms with E-state index in [0.717, 1.165) is 29.2 Å². The van der Waals surface area contributed by atoms with E-state index in [1.165, 1.54) is 11.8 Å². The summed E-state index contributed by atoms with van der Waals surface area (Å²) in [6.45, 7) is 4.59. The molecule has 1 heterocycles. The monoisotopic (exact) mass is 405 g/mol. The van der Waals surface area contributed by atoms with Crippen LogP contribution in [0.5, 0.6) is 0 Å². The second kappa shape index (κ2) is 10.3. The van der Waals surface area contributed by atoms with Gasteiger partial charge in [0.15, 0.2) is 0 Å². The Morgan fingerprint density at radius 2 is 1.81 bits per heavy atom. The number of carbonyl (C=O) groups is 2. The lowest BCUT2D eigenvalue weighted by Crippen LogP contribution is -2.48. The van der Waals surface area contributed by atoms with E-state index in [4.69, 9.17) is 0 Å². The molecule has 0 aliphatic carbocycles. The summed E-state index contributed by atoms with van der Waals surface area (Å²) in [5.41, 5.74) is 2.55. The van der Waals surface area contributed by atoms with Gasteiger partial charge in [-0.3, -0.25) is 9.59 Å². The van der Waals surface area contributed by atoms with E-state index in [1.807, 2.05) is 49.4 Å². The van der Waals surface area contributed by atoms with Crippen molar-refractivity contribution in [2.45, 2.75) is 11.8 Å². The summed E-state index contributed by atoms with van der Waals surface area (Å²) >= 11 is 1.37. The van der Waals surface area contributed by atoms with Crippen molar-refractivity contribution in [2.75, 3.05) is 30.7 Å². The molecule has 7 heteroatoms. The Labute approximate surface area is 170 Å². The van der Waals surface area contributed by atoms with Crippen LogP contribution in [0.1, 0.15) is 15.9 Å². The number of aryl methyl sites for hydroxylation is 1. The Kier molecular flexibility index (Phi) is 8.16. The molecule has 0 radical (unpaired) electrons. The first-order valence-electron chi connectivity index (χ1n) is 8.69. The van der Waals surface area contributed by atoms with Gasteiger partial charge in [0.2, 0.25) is 5.91 Å². The molecule has 0 aromatic heterocycles. The molecular formula is C20H24ClN3O2S. The second-order valence-electron chi connectivity index (χ2n) is 6.43. The largest absolute Gasteiger partial charge is 0.352 e.